The van der Waals surface area contributed by atoms with Crippen LogP contribution in [0.1, 0.15) is 5.56 Å². The maximum absolute atomic E-state index is 12.9. The second-order valence-electron chi connectivity index (χ2n) is 7.94. The number of benzene rings is 1. The van der Waals surface area contributed by atoms with Crippen molar-refractivity contribution in [1.82, 2.24) is 10.2 Å². The van der Waals surface area contributed by atoms with Crippen LogP contribution < -0.4 is 20.0 Å². The van der Waals surface area contributed by atoms with E-state index in [1.807, 2.05) is 9.80 Å². The first-order chi connectivity index (χ1) is 14.3. The molecular weight excluding hydrogens is 399 g/mol. The summed E-state index contributed by atoms with van der Waals surface area (Å²) in [7, 11) is 1.62. The van der Waals surface area contributed by atoms with Crippen molar-refractivity contribution in [3.63, 3.8) is 0 Å². The van der Waals surface area contributed by atoms with Crippen molar-refractivity contribution in [2.45, 2.75) is 6.18 Å². The second-order valence-corrected chi connectivity index (χ2v) is 7.94. The number of hydrogen-bond acceptors (Lipinski definition) is 3. The summed E-state index contributed by atoms with van der Waals surface area (Å²) in [5.74, 6) is 0.115. The SMILES string of the molecule is CNC(=O)C[NH+]1CCN(C(=O)C[NH+]2CCN(c3cccc(C(F)(F)F)c3)CC2)CC1. The molecule has 3 rings (SSSR count). The Morgan fingerprint density at radius 2 is 1.60 bits per heavy atom. The van der Waals surface area contributed by atoms with E-state index in [0.717, 1.165) is 24.1 Å². The topological polar surface area (TPSA) is 61.5 Å². The quantitative estimate of drug-likeness (QED) is 0.502. The van der Waals surface area contributed by atoms with Gasteiger partial charge in [0.05, 0.1) is 57.9 Å². The number of hydrogen-bond donors (Lipinski definition) is 3. The standard InChI is InChI=1S/C20H28F3N5O2/c1-24-18(29)14-25-7-11-28(12-8-25)19(30)15-26-5-9-27(10-6-26)17-4-2-3-16(13-17)20(21,22)23/h2-4,13H,5-12,14-15H2,1H3,(H,24,29)/p+2. The number of nitrogens with zero attached hydrogens (tertiary/aromatic N) is 2. The summed E-state index contributed by atoms with van der Waals surface area (Å²) in [5, 5.41) is 2.62. The minimum absolute atomic E-state index is 0.00728. The van der Waals surface area contributed by atoms with Crippen LogP contribution in [0.25, 0.3) is 0 Å². The number of alkyl halides is 3. The highest BCUT2D eigenvalue weighted by Crippen LogP contribution is 2.31. The van der Waals surface area contributed by atoms with E-state index in [9.17, 15) is 22.8 Å². The number of amides is 2. The molecule has 2 saturated heterocycles. The molecule has 1 aromatic rings. The van der Waals surface area contributed by atoms with Gasteiger partial charge in [0.15, 0.2) is 13.1 Å². The van der Waals surface area contributed by atoms with Crippen LogP contribution in [-0.2, 0) is 15.8 Å². The number of rotatable bonds is 5. The number of quaternary nitrogens is 2. The van der Waals surface area contributed by atoms with Crippen molar-refractivity contribution < 1.29 is 32.6 Å². The third kappa shape index (κ3) is 5.85. The number of carbonyl (C=O) groups excluding carboxylic acids is 2. The molecular formula is C20H30F3N5O2+2. The first-order valence-corrected chi connectivity index (χ1v) is 10.3. The fourth-order valence-corrected chi connectivity index (χ4v) is 4.03. The van der Waals surface area contributed by atoms with Crippen LogP contribution in [0.4, 0.5) is 18.9 Å². The largest absolute Gasteiger partial charge is 0.416 e. The molecule has 0 unspecified atom stereocenters. The predicted molar refractivity (Wildman–Crippen MR) is 105 cm³/mol. The highest BCUT2D eigenvalue weighted by molar-refractivity contribution is 5.77. The molecule has 3 N–H and O–H groups in total. The summed E-state index contributed by atoms with van der Waals surface area (Å²) in [4.78, 5) is 30.3. The normalized spacial score (nSPS) is 19.1. The Hall–Kier alpha value is -2.33. The molecule has 2 fully saturated rings. The van der Waals surface area contributed by atoms with Gasteiger partial charge in [-0.2, -0.15) is 13.2 Å². The lowest BCUT2D eigenvalue weighted by Crippen LogP contribution is -3.17. The number of likely N-dealkylation sites (N-methyl/N-ethyl adjacent to an activating group) is 1. The molecule has 0 aromatic heterocycles. The van der Waals surface area contributed by atoms with Crippen molar-refractivity contribution in [2.24, 2.45) is 0 Å². The molecule has 7 nitrogen and oxygen atoms in total. The average Bonchev–Trinajstić information content (AvgIpc) is 2.74. The first kappa shape index (κ1) is 22.4. The number of piperazine rings is 2. The molecule has 0 radical (unpaired) electrons. The number of halogens is 3. The molecule has 0 atom stereocenters. The van der Waals surface area contributed by atoms with Crippen LogP contribution >= 0.6 is 0 Å². The third-order valence-electron chi connectivity index (χ3n) is 5.92. The molecule has 2 aliphatic heterocycles. The third-order valence-corrected chi connectivity index (χ3v) is 5.92. The molecule has 2 heterocycles. The summed E-state index contributed by atoms with van der Waals surface area (Å²) < 4.78 is 38.8. The van der Waals surface area contributed by atoms with Crippen molar-refractivity contribution in [3.8, 4) is 0 Å². The zero-order valence-electron chi connectivity index (χ0n) is 17.2. The van der Waals surface area contributed by atoms with E-state index < -0.39 is 11.7 Å². The van der Waals surface area contributed by atoms with Crippen molar-refractivity contribution in [1.29, 1.82) is 0 Å². The summed E-state index contributed by atoms with van der Waals surface area (Å²) in [5.41, 5.74) is -0.0620. The smallest absolute Gasteiger partial charge is 0.360 e. The Morgan fingerprint density at radius 1 is 1.00 bits per heavy atom. The van der Waals surface area contributed by atoms with E-state index in [2.05, 4.69) is 5.32 Å². The van der Waals surface area contributed by atoms with Crippen LogP contribution in [0.15, 0.2) is 24.3 Å². The molecule has 10 heteroatoms. The van der Waals surface area contributed by atoms with Crippen LogP contribution in [0, 0.1) is 0 Å². The summed E-state index contributed by atoms with van der Waals surface area (Å²) >= 11 is 0. The van der Waals surface area contributed by atoms with E-state index in [-0.39, 0.29) is 11.8 Å². The average molecular weight is 429 g/mol. The number of nitrogens with one attached hydrogen (secondary N) is 3. The molecule has 0 saturated carbocycles. The van der Waals surface area contributed by atoms with Gasteiger partial charge < -0.3 is 24.9 Å². The van der Waals surface area contributed by atoms with E-state index in [1.165, 1.54) is 17.0 Å². The fraction of sp³-hybridized carbons (Fsp3) is 0.600. The van der Waals surface area contributed by atoms with E-state index in [1.54, 1.807) is 13.1 Å². The van der Waals surface area contributed by atoms with Crippen LogP contribution in [0.3, 0.4) is 0 Å². The Morgan fingerprint density at radius 3 is 2.20 bits per heavy atom. The Balaban J connectivity index is 1.44. The molecule has 30 heavy (non-hydrogen) atoms. The van der Waals surface area contributed by atoms with Gasteiger partial charge in [0.1, 0.15) is 0 Å². The molecule has 166 valence electrons. The monoisotopic (exact) mass is 429 g/mol. The zero-order valence-corrected chi connectivity index (χ0v) is 17.2. The van der Waals surface area contributed by atoms with Gasteiger partial charge in [-0.15, -0.1) is 0 Å². The summed E-state index contributed by atoms with van der Waals surface area (Å²) in [6.45, 7) is 6.32. The molecule has 2 aliphatic rings. The Labute approximate surface area is 174 Å². The van der Waals surface area contributed by atoms with E-state index in [4.69, 9.17) is 0 Å². The maximum Gasteiger partial charge on any atom is 0.416 e. The number of anilines is 1. The van der Waals surface area contributed by atoms with Gasteiger partial charge in [0.25, 0.3) is 11.8 Å². The Bertz CT molecular complexity index is 742. The highest BCUT2D eigenvalue weighted by Gasteiger charge is 2.32. The lowest BCUT2D eigenvalue weighted by molar-refractivity contribution is -0.898. The highest BCUT2D eigenvalue weighted by atomic mass is 19.4. The molecule has 0 aliphatic carbocycles. The van der Waals surface area contributed by atoms with Crippen LogP contribution in [0.5, 0.6) is 0 Å². The lowest BCUT2D eigenvalue weighted by atomic mass is 10.1. The van der Waals surface area contributed by atoms with E-state index in [0.29, 0.717) is 58.0 Å². The predicted octanol–water partition coefficient (Wildman–Crippen LogP) is -2.12. The molecule has 2 amide bonds. The number of carbonyl (C=O) groups is 2. The van der Waals surface area contributed by atoms with Gasteiger partial charge in [-0.3, -0.25) is 9.59 Å². The van der Waals surface area contributed by atoms with Crippen molar-refractivity contribution >= 4 is 17.5 Å². The zero-order chi connectivity index (χ0) is 21.7. The lowest BCUT2D eigenvalue weighted by Gasteiger charge is -2.36. The Kier molecular flexibility index (Phi) is 7.19. The van der Waals surface area contributed by atoms with Gasteiger partial charge in [-0.05, 0) is 18.2 Å². The van der Waals surface area contributed by atoms with Crippen molar-refractivity contribution in [2.75, 3.05) is 77.4 Å². The van der Waals surface area contributed by atoms with Gasteiger partial charge in [-0.1, -0.05) is 6.07 Å². The van der Waals surface area contributed by atoms with Gasteiger partial charge >= 0.3 is 6.18 Å². The van der Waals surface area contributed by atoms with E-state index >= 15 is 0 Å². The van der Waals surface area contributed by atoms with Gasteiger partial charge in [-0.25, -0.2) is 0 Å². The minimum atomic E-state index is -4.35. The minimum Gasteiger partial charge on any atom is -0.360 e. The fourth-order valence-electron chi connectivity index (χ4n) is 4.03. The summed E-state index contributed by atoms with van der Waals surface area (Å²) in [6, 6.07) is 5.41. The van der Waals surface area contributed by atoms with Gasteiger partial charge in [0, 0.05) is 12.7 Å². The maximum atomic E-state index is 12.9. The van der Waals surface area contributed by atoms with Crippen molar-refractivity contribution in [3.05, 3.63) is 29.8 Å². The molecule has 0 bridgehead atoms. The van der Waals surface area contributed by atoms with Gasteiger partial charge in [0.2, 0.25) is 0 Å². The van der Waals surface area contributed by atoms with Crippen LogP contribution in [0.2, 0.25) is 0 Å². The van der Waals surface area contributed by atoms with Crippen LogP contribution in [-0.4, -0.2) is 89.2 Å². The first-order valence-electron chi connectivity index (χ1n) is 10.3. The summed E-state index contributed by atoms with van der Waals surface area (Å²) in [6.07, 6.45) is -4.35. The second kappa shape index (κ2) is 9.65. The molecule has 0 spiro atoms. The molecule has 1 aromatic carbocycles.